The highest BCUT2D eigenvalue weighted by Gasteiger charge is 2.34. The van der Waals surface area contributed by atoms with Crippen molar-refractivity contribution in [3.05, 3.63) is 93.5 Å². The largest absolute Gasteiger partial charge is 0.354 e. The quantitative estimate of drug-likeness (QED) is 0.241. The molecule has 3 rings (SSSR count). The van der Waals surface area contributed by atoms with Crippen molar-refractivity contribution in [2.24, 2.45) is 0 Å². The molecule has 7 nitrogen and oxygen atoms in total. The summed E-state index contributed by atoms with van der Waals surface area (Å²) in [7, 11) is -4.14. The molecule has 3 aromatic carbocycles. The lowest BCUT2D eigenvalue weighted by Crippen LogP contribution is -2.52. The number of nitrogens with one attached hydrogen (secondary N) is 1. The minimum absolute atomic E-state index is 0.0433. The van der Waals surface area contributed by atoms with Gasteiger partial charge in [0.2, 0.25) is 11.8 Å². The predicted octanol–water partition coefficient (Wildman–Crippen LogP) is 6.39. The first-order valence-corrected chi connectivity index (χ1v) is 15.9. The summed E-state index contributed by atoms with van der Waals surface area (Å²) >= 11 is 12.4. The molecule has 0 saturated heterocycles. The molecule has 0 aromatic heterocycles. The summed E-state index contributed by atoms with van der Waals surface area (Å²) in [6.07, 6.45) is 1.63. The molecule has 0 aliphatic rings. The summed E-state index contributed by atoms with van der Waals surface area (Å²) < 4.78 is 29.3. The lowest BCUT2D eigenvalue weighted by Gasteiger charge is -2.33. The first-order chi connectivity index (χ1) is 19.5. The lowest BCUT2D eigenvalue weighted by atomic mass is 10.1. The van der Waals surface area contributed by atoms with Crippen molar-refractivity contribution >= 4 is 50.7 Å². The van der Waals surface area contributed by atoms with Crippen molar-refractivity contribution in [3.63, 3.8) is 0 Å². The van der Waals surface area contributed by atoms with Crippen LogP contribution in [0.1, 0.15) is 50.3 Å². The van der Waals surface area contributed by atoms with Gasteiger partial charge in [0.05, 0.1) is 20.6 Å². The number of carbonyl (C=O) groups excluding carboxylic acids is 2. The first kappa shape index (κ1) is 32.4. The first-order valence-electron chi connectivity index (χ1n) is 13.7. The third-order valence-corrected chi connectivity index (χ3v) is 9.31. The van der Waals surface area contributed by atoms with Gasteiger partial charge in [-0.15, -0.1) is 0 Å². The number of rotatable bonds is 13. The standard InChI is InChI=1S/C31H37Cl2N3O4S/c1-5-18-34-31(38)28(7-3)35(20-23-14-17-26(32)27(33)19-23)30(37)21-36(29-11-9-8-10-24(29)6-2)41(39,40)25-15-12-22(4)13-16-25/h8-17,19,28H,5-7,18,20-21H2,1-4H3,(H,34,38)/t28-/m0/s1. The van der Waals surface area contributed by atoms with Crippen LogP contribution in [-0.2, 0) is 32.6 Å². The van der Waals surface area contributed by atoms with Gasteiger partial charge >= 0.3 is 0 Å². The molecule has 0 aliphatic heterocycles. The third kappa shape index (κ3) is 8.03. The molecule has 0 spiro atoms. The topological polar surface area (TPSA) is 86.8 Å². The van der Waals surface area contributed by atoms with Crippen molar-refractivity contribution in [3.8, 4) is 0 Å². The van der Waals surface area contributed by atoms with Crippen molar-refractivity contribution in [1.29, 1.82) is 0 Å². The Balaban J connectivity index is 2.10. The molecular formula is C31H37Cl2N3O4S. The molecule has 10 heteroatoms. The van der Waals surface area contributed by atoms with E-state index in [-0.39, 0.29) is 17.3 Å². The third-order valence-electron chi connectivity index (χ3n) is 6.80. The van der Waals surface area contributed by atoms with E-state index in [4.69, 9.17) is 23.2 Å². The number of benzene rings is 3. The van der Waals surface area contributed by atoms with Crippen LogP contribution in [0.5, 0.6) is 0 Å². The van der Waals surface area contributed by atoms with E-state index in [2.05, 4.69) is 5.32 Å². The zero-order chi connectivity index (χ0) is 30.2. The van der Waals surface area contributed by atoms with Gasteiger partial charge in [0.15, 0.2) is 0 Å². The van der Waals surface area contributed by atoms with Gasteiger partial charge in [-0.25, -0.2) is 8.42 Å². The molecule has 2 amide bonds. The molecule has 0 unspecified atom stereocenters. The summed E-state index contributed by atoms with van der Waals surface area (Å²) in [5.41, 5.74) is 2.77. The van der Waals surface area contributed by atoms with Gasteiger partial charge in [0.25, 0.3) is 10.0 Å². The number of sulfonamides is 1. The highest BCUT2D eigenvalue weighted by Crippen LogP contribution is 2.29. The number of hydrogen-bond donors (Lipinski definition) is 1. The Morgan fingerprint density at radius 2 is 1.61 bits per heavy atom. The molecule has 0 radical (unpaired) electrons. The number of anilines is 1. The number of halogens is 2. The van der Waals surface area contributed by atoms with E-state index in [9.17, 15) is 18.0 Å². The van der Waals surface area contributed by atoms with E-state index in [1.807, 2.05) is 39.8 Å². The number of hydrogen-bond acceptors (Lipinski definition) is 4. The fourth-order valence-corrected chi connectivity index (χ4v) is 6.30. The maximum atomic E-state index is 14.2. The molecule has 0 saturated carbocycles. The van der Waals surface area contributed by atoms with Crippen LogP contribution in [-0.4, -0.2) is 44.3 Å². The fourth-order valence-electron chi connectivity index (χ4n) is 4.52. The molecule has 1 N–H and O–H groups in total. The Hall–Kier alpha value is -3.07. The zero-order valence-corrected chi connectivity index (χ0v) is 26.2. The second kappa shape index (κ2) is 14.7. The second-order valence-corrected chi connectivity index (χ2v) is 12.5. The predicted molar refractivity (Wildman–Crippen MR) is 166 cm³/mol. The van der Waals surface area contributed by atoms with Gasteiger partial charge in [-0.05, 0) is 67.6 Å². The van der Waals surface area contributed by atoms with Crippen molar-refractivity contribution in [1.82, 2.24) is 10.2 Å². The summed E-state index contributed by atoms with van der Waals surface area (Å²) in [5.74, 6) is -0.819. The summed E-state index contributed by atoms with van der Waals surface area (Å²) in [4.78, 5) is 28.9. The number of para-hydroxylation sites is 1. The van der Waals surface area contributed by atoms with Crippen LogP contribution in [0.4, 0.5) is 5.69 Å². The van der Waals surface area contributed by atoms with Crippen LogP contribution < -0.4 is 9.62 Å². The molecule has 0 heterocycles. The maximum absolute atomic E-state index is 14.2. The smallest absolute Gasteiger partial charge is 0.264 e. The van der Waals surface area contributed by atoms with Crippen LogP contribution >= 0.6 is 23.2 Å². The van der Waals surface area contributed by atoms with Crippen molar-refractivity contribution in [2.45, 2.75) is 64.4 Å². The minimum atomic E-state index is -4.14. The number of carbonyl (C=O) groups is 2. The maximum Gasteiger partial charge on any atom is 0.264 e. The van der Waals surface area contributed by atoms with Crippen LogP contribution in [0, 0.1) is 6.92 Å². The van der Waals surface area contributed by atoms with Crippen LogP contribution in [0.25, 0.3) is 0 Å². The SMILES string of the molecule is CCCNC(=O)[C@H](CC)N(Cc1ccc(Cl)c(Cl)c1)C(=O)CN(c1ccccc1CC)S(=O)(=O)c1ccc(C)cc1. The van der Waals surface area contributed by atoms with E-state index < -0.39 is 28.5 Å². The van der Waals surface area contributed by atoms with E-state index >= 15 is 0 Å². The van der Waals surface area contributed by atoms with Crippen molar-refractivity contribution in [2.75, 3.05) is 17.4 Å². The molecule has 0 fully saturated rings. The Morgan fingerprint density at radius 3 is 2.22 bits per heavy atom. The second-order valence-electron chi connectivity index (χ2n) is 9.79. The van der Waals surface area contributed by atoms with E-state index in [1.54, 1.807) is 42.5 Å². The molecule has 41 heavy (non-hydrogen) atoms. The van der Waals surface area contributed by atoms with Gasteiger partial charge in [0.1, 0.15) is 12.6 Å². The molecule has 220 valence electrons. The van der Waals surface area contributed by atoms with Gasteiger partial charge in [-0.3, -0.25) is 13.9 Å². The Labute approximate surface area is 253 Å². The molecule has 3 aromatic rings. The van der Waals surface area contributed by atoms with Gasteiger partial charge < -0.3 is 10.2 Å². The lowest BCUT2D eigenvalue weighted by molar-refractivity contribution is -0.140. The molecular weight excluding hydrogens is 581 g/mol. The molecule has 0 bridgehead atoms. The number of amides is 2. The van der Waals surface area contributed by atoms with Crippen molar-refractivity contribution < 1.29 is 18.0 Å². The van der Waals surface area contributed by atoms with Gasteiger partial charge in [-0.1, -0.05) is 85.9 Å². The summed E-state index contributed by atoms with van der Waals surface area (Å²) in [6, 6.07) is 17.8. The van der Waals surface area contributed by atoms with Crippen LogP contribution in [0.2, 0.25) is 10.0 Å². The number of aryl methyl sites for hydroxylation is 2. The van der Waals surface area contributed by atoms with E-state index in [0.29, 0.717) is 40.7 Å². The monoisotopic (exact) mass is 617 g/mol. The number of nitrogens with zero attached hydrogens (tertiary/aromatic N) is 2. The van der Waals surface area contributed by atoms with Gasteiger partial charge in [-0.2, -0.15) is 0 Å². The molecule has 1 atom stereocenters. The van der Waals surface area contributed by atoms with E-state index in [0.717, 1.165) is 21.9 Å². The Kier molecular flexibility index (Phi) is 11.6. The van der Waals surface area contributed by atoms with E-state index in [1.165, 1.54) is 17.0 Å². The molecule has 0 aliphatic carbocycles. The normalized spacial score (nSPS) is 12.0. The summed E-state index contributed by atoms with van der Waals surface area (Å²) in [6.45, 7) is 7.57. The Morgan fingerprint density at radius 1 is 0.927 bits per heavy atom. The van der Waals surface area contributed by atoms with Gasteiger partial charge in [0, 0.05) is 13.1 Å². The zero-order valence-electron chi connectivity index (χ0n) is 23.9. The van der Waals surface area contributed by atoms with Crippen LogP contribution in [0.3, 0.4) is 0 Å². The Bertz CT molecular complexity index is 1460. The summed E-state index contributed by atoms with van der Waals surface area (Å²) in [5, 5.41) is 3.57. The average Bonchev–Trinajstić information content (AvgIpc) is 2.96. The average molecular weight is 619 g/mol. The van der Waals surface area contributed by atoms with Crippen LogP contribution in [0.15, 0.2) is 71.6 Å². The minimum Gasteiger partial charge on any atom is -0.354 e. The highest BCUT2D eigenvalue weighted by molar-refractivity contribution is 7.92. The highest BCUT2D eigenvalue weighted by atomic mass is 35.5. The fraction of sp³-hybridized carbons (Fsp3) is 0.355.